The molecule has 1 aromatic heterocycles. The summed E-state index contributed by atoms with van der Waals surface area (Å²) in [6.07, 6.45) is 2.61. The van der Waals surface area contributed by atoms with Gasteiger partial charge in [-0.05, 0) is 37.1 Å². The number of benzene rings is 1. The van der Waals surface area contributed by atoms with E-state index in [-0.39, 0.29) is 5.75 Å². The van der Waals surface area contributed by atoms with Crippen molar-refractivity contribution in [3.63, 3.8) is 0 Å². The molecular weight excluding hydrogens is 280 g/mol. The lowest BCUT2D eigenvalue weighted by Crippen LogP contribution is -2.34. The number of phenolic OH excluding ortho intramolecular Hbond substituents is 1. The molecule has 0 spiro atoms. The van der Waals surface area contributed by atoms with Crippen LogP contribution in [0.5, 0.6) is 5.75 Å². The highest BCUT2D eigenvalue weighted by atomic mass is 16.5. The number of aromatic nitrogens is 1. The lowest BCUT2D eigenvalue weighted by molar-refractivity contribution is -0.144. The van der Waals surface area contributed by atoms with E-state index in [1.165, 1.54) is 0 Å². The molecule has 0 bridgehead atoms. The number of hydrogen-bond donors (Lipinski definition) is 2. The first-order valence-corrected chi connectivity index (χ1v) is 7.23. The number of nitrogens with zero attached hydrogens (tertiary/aromatic N) is 1. The molecule has 0 saturated carbocycles. The van der Waals surface area contributed by atoms with Gasteiger partial charge in [0.05, 0.1) is 6.61 Å². The third-order valence-electron chi connectivity index (χ3n) is 3.29. The fourth-order valence-electron chi connectivity index (χ4n) is 2.19. The Morgan fingerprint density at radius 1 is 1.36 bits per heavy atom. The van der Waals surface area contributed by atoms with Crippen molar-refractivity contribution in [3.8, 4) is 5.75 Å². The van der Waals surface area contributed by atoms with Crippen molar-refractivity contribution in [2.75, 3.05) is 6.61 Å². The second kappa shape index (κ2) is 7.56. The van der Waals surface area contributed by atoms with Crippen LogP contribution < -0.4 is 5.73 Å². The third-order valence-corrected chi connectivity index (χ3v) is 3.29. The van der Waals surface area contributed by atoms with Gasteiger partial charge in [0.2, 0.25) is 0 Å². The van der Waals surface area contributed by atoms with Crippen molar-refractivity contribution in [1.29, 1.82) is 0 Å². The summed E-state index contributed by atoms with van der Waals surface area (Å²) in [5.41, 5.74) is 8.33. The number of nitrogens with two attached hydrogens (primary N) is 1. The van der Waals surface area contributed by atoms with E-state index in [2.05, 4.69) is 4.98 Å². The van der Waals surface area contributed by atoms with E-state index in [0.717, 1.165) is 16.8 Å². The number of rotatable bonds is 6. The molecule has 0 fully saturated rings. The Bertz CT molecular complexity index is 629. The number of hydrogen-bond acceptors (Lipinski definition) is 5. The zero-order chi connectivity index (χ0) is 15.9. The first kappa shape index (κ1) is 16.0. The van der Waals surface area contributed by atoms with E-state index in [0.29, 0.717) is 19.4 Å². The third kappa shape index (κ3) is 4.30. The Morgan fingerprint density at radius 2 is 2.18 bits per heavy atom. The predicted octanol–water partition coefficient (Wildman–Crippen LogP) is 1.81. The van der Waals surface area contributed by atoms with Gasteiger partial charge in [-0.2, -0.15) is 0 Å². The van der Waals surface area contributed by atoms with Crippen LogP contribution in [0.4, 0.5) is 0 Å². The van der Waals surface area contributed by atoms with Crippen LogP contribution in [0.15, 0.2) is 42.6 Å². The average molecular weight is 300 g/mol. The van der Waals surface area contributed by atoms with Gasteiger partial charge in [-0.15, -0.1) is 0 Å². The van der Waals surface area contributed by atoms with Crippen LogP contribution in [0, 0.1) is 0 Å². The standard InChI is InChI=1S/C17H20N2O3/c1-2-22-17(21)15(18)10-12-6-7-16(20)13(9-12)11-14-5-3-4-8-19-14/h3-9,15,20H,2,10-11,18H2,1H3/t15-/m0/s1. The van der Waals surface area contributed by atoms with Gasteiger partial charge in [-0.25, -0.2) is 0 Å². The maximum atomic E-state index is 11.6. The Hall–Kier alpha value is -2.40. The van der Waals surface area contributed by atoms with Crippen LogP contribution in [-0.4, -0.2) is 28.7 Å². The minimum atomic E-state index is -0.702. The van der Waals surface area contributed by atoms with Gasteiger partial charge in [-0.3, -0.25) is 9.78 Å². The molecule has 0 amide bonds. The molecule has 3 N–H and O–H groups in total. The fourth-order valence-corrected chi connectivity index (χ4v) is 2.19. The maximum absolute atomic E-state index is 11.6. The summed E-state index contributed by atoms with van der Waals surface area (Å²) in [4.78, 5) is 15.8. The van der Waals surface area contributed by atoms with Gasteiger partial charge in [0.25, 0.3) is 0 Å². The topological polar surface area (TPSA) is 85.4 Å². The predicted molar refractivity (Wildman–Crippen MR) is 83.5 cm³/mol. The summed E-state index contributed by atoms with van der Waals surface area (Å²) in [7, 11) is 0. The molecule has 1 aromatic carbocycles. The highest BCUT2D eigenvalue weighted by Crippen LogP contribution is 2.22. The van der Waals surface area contributed by atoms with Crippen molar-refractivity contribution in [3.05, 3.63) is 59.4 Å². The van der Waals surface area contributed by atoms with E-state index in [9.17, 15) is 9.90 Å². The molecule has 22 heavy (non-hydrogen) atoms. The number of phenols is 1. The average Bonchev–Trinajstić information content (AvgIpc) is 2.52. The molecule has 0 unspecified atom stereocenters. The minimum Gasteiger partial charge on any atom is -0.508 e. The highest BCUT2D eigenvalue weighted by Gasteiger charge is 2.16. The zero-order valence-electron chi connectivity index (χ0n) is 12.5. The Morgan fingerprint density at radius 3 is 2.86 bits per heavy atom. The highest BCUT2D eigenvalue weighted by molar-refractivity contribution is 5.75. The van der Waals surface area contributed by atoms with E-state index in [1.54, 1.807) is 25.3 Å². The number of ether oxygens (including phenoxy) is 1. The molecule has 0 aliphatic carbocycles. The molecule has 0 aliphatic rings. The van der Waals surface area contributed by atoms with E-state index in [1.807, 2.05) is 24.3 Å². The number of carbonyl (C=O) groups excluding carboxylic acids is 1. The lowest BCUT2D eigenvalue weighted by atomic mass is 10.0. The quantitative estimate of drug-likeness (QED) is 0.795. The molecule has 116 valence electrons. The minimum absolute atomic E-state index is 0.208. The van der Waals surface area contributed by atoms with Crippen molar-refractivity contribution < 1.29 is 14.6 Å². The molecule has 5 heteroatoms. The van der Waals surface area contributed by atoms with Crippen molar-refractivity contribution in [2.45, 2.75) is 25.8 Å². The molecule has 0 aliphatic heterocycles. The number of esters is 1. The van der Waals surface area contributed by atoms with Gasteiger partial charge in [0.1, 0.15) is 11.8 Å². The van der Waals surface area contributed by atoms with Gasteiger partial charge in [0.15, 0.2) is 0 Å². The smallest absolute Gasteiger partial charge is 0.323 e. The Balaban J connectivity index is 2.11. The van der Waals surface area contributed by atoms with Crippen molar-refractivity contribution in [1.82, 2.24) is 4.98 Å². The van der Waals surface area contributed by atoms with Gasteiger partial charge < -0.3 is 15.6 Å². The molecule has 2 aromatic rings. The monoisotopic (exact) mass is 300 g/mol. The number of pyridine rings is 1. The zero-order valence-corrected chi connectivity index (χ0v) is 12.5. The van der Waals surface area contributed by atoms with Crippen LogP contribution in [0.3, 0.4) is 0 Å². The van der Waals surface area contributed by atoms with Crippen LogP contribution >= 0.6 is 0 Å². The summed E-state index contributed by atoms with van der Waals surface area (Å²) in [5, 5.41) is 9.97. The Kier molecular flexibility index (Phi) is 5.49. The first-order chi connectivity index (χ1) is 10.6. The second-order valence-electron chi connectivity index (χ2n) is 5.02. The van der Waals surface area contributed by atoms with Crippen LogP contribution in [-0.2, 0) is 22.4 Å². The molecular formula is C17H20N2O3. The van der Waals surface area contributed by atoms with Crippen LogP contribution in [0.25, 0.3) is 0 Å². The molecule has 2 rings (SSSR count). The van der Waals surface area contributed by atoms with Crippen molar-refractivity contribution in [2.24, 2.45) is 5.73 Å². The summed E-state index contributed by atoms with van der Waals surface area (Å²) in [6.45, 7) is 2.06. The van der Waals surface area contributed by atoms with Crippen molar-refractivity contribution >= 4 is 5.97 Å². The van der Waals surface area contributed by atoms with E-state index in [4.69, 9.17) is 10.5 Å². The number of carbonyl (C=O) groups is 1. The second-order valence-corrected chi connectivity index (χ2v) is 5.02. The van der Waals surface area contributed by atoms with Crippen LogP contribution in [0.1, 0.15) is 23.7 Å². The largest absolute Gasteiger partial charge is 0.508 e. The molecule has 0 saturated heterocycles. The Labute approximate surface area is 129 Å². The SMILES string of the molecule is CCOC(=O)[C@@H](N)Cc1ccc(O)c(Cc2ccccn2)c1. The van der Waals surface area contributed by atoms with Gasteiger partial charge in [0, 0.05) is 23.9 Å². The number of aromatic hydroxyl groups is 1. The van der Waals surface area contributed by atoms with Gasteiger partial charge in [-0.1, -0.05) is 18.2 Å². The van der Waals surface area contributed by atoms with Crippen LogP contribution in [0.2, 0.25) is 0 Å². The van der Waals surface area contributed by atoms with E-state index >= 15 is 0 Å². The normalized spacial score (nSPS) is 11.9. The molecule has 1 heterocycles. The maximum Gasteiger partial charge on any atom is 0.323 e. The van der Waals surface area contributed by atoms with Gasteiger partial charge >= 0.3 is 5.97 Å². The first-order valence-electron chi connectivity index (χ1n) is 7.23. The molecule has 5 nitrogen and oxygen atoms in total. The lowest BCUT2D eigenvalue weighted by Gasteiger charge is -2.12. The molecule has 1 atom stereocenters. The summed E-state index contributed by atoms with van der Waals surface area (Å²) in [5.74, 6) is -0.207. The van der Waals surface area contributed by atoms with E-state index < -0.39 is 12.0 Å². The summed E-state index contributed by atoms with van der Waals surface area (Å²) < 4.78 is 4.90. The summed E-state index contributed by atoms with van der Waals surface area (Å²) >= 11 is 0. The molecule has 0 radical (unpaired) electrons. The summed E-state index contributed by atoms with van der Waals surface area (Å²) in [6, 6.07) is 10.2. The fraction of sp³-hybridized carbons (Fsp3) is 0.294.